The SMILES string of the molecule is Cn1cnc(S(=O)(=O)N2CCCCN3[C@@H](CO)[C@H](c4ccc(-c5cccc(F)c5)cc4)[C@@H]3C2)c1. The zero-order valence-corrected chi connectivity index (χ0v) is 19.9. The van der Waals surface area contributed by atoms with Gasteiger partial charge in [-0.3, -0.25) is 4.90 Å². The topological polar surface area (TPSA) is 78.7 Å². The van der Waals surface area contributed by atoms with Crippen LogP contribution in [0.25, 0.3) is 11.1 Å². The first-order valence-corrected chi connectivity index (χ1v) is 13.0. The number of nitrogens with zero attached hydrogens (tertiary/aromatic N) is 4. The minimum absolute atomic E-state index is 0.00564. The van der Waals surface area contributed by atoms with Crippen molar-refractivity contribution in [1.29, 1.82) is 0 Å². The number of imidazole rings is 1. The Morgan fingerprint density at radius 1 is 1.09 bits per heavy atom. The van der Waals surface area contributed by atoms with Gasteiger partial charge < -0.3 is 9.67 Å². The molecular weight excluding hydrogens is 455 g/mol. The third-order valence-corrected chi connectivity index (χ3v) is 8.82. The standard InChI is InChI=1S/C25H29FN4O3S/c1-28-15-24(27-17-28)34(32,33)29-11-2-3-12-30-22(14-29)25(23(30)16-31)19-9-7-18(8-10-19)20-5-4-6-21(26)13-20/h4-10,13,15,17,22-23,25,31H,2-3,11-12,14,16H2,1H3/t22-,23-,25+/m0/s1. The number of hydrogen-bond donors (Lipinski definition) is 1. The summed E-state index contributed by atoms with van der Waals surface area (Å²) in [6.07, 6.45) is 4.66. The lowest BCUT2D eigenvalue weighted by atomic mass is 9.74. The molecule has 0 spiro atoms. The fourth-order valence-corrected chi connectivity index (χ4v) is 6.81. The van der Waals surface area contributed by atoms with Gasteiger partial charge in [0.05, 0.1) is 12.9 Å². The zero-order chi connectivity index (χ0) is 23.9. The fraction of sp³-hybridized carbons (Fsp3) is 0.400. The monoisotopic (exact) mass is 484 g/mol. The summed E-state index contributed by atoms with van der Waals surface area (Å²) in [5.74, 6) is -0.272. The Balaban J connectivity index is 1.42. The molecule has 1 aromatic heterocycles. The van der Waals surface area contributed by atoms with E-state index in [-0.39, 0.29) is 35.5 Å². The summed E-state index contributed by atoms with van der Waals surface area (Å²) >= 11 is 0. The third kappa shape index (κ3) is 4.17. The number of rotatable bonds is 5. The predicted molar refractivity (Wildman–Crippen MR) is 127 cm³/mol. The number of aryl methyl sites for hydroxylation is 1. The van der Waals surface area contributed by atoms with Crippen LogP contribution in [-0.2, 0) is 17.1 Å². The summed E-state index contributed by atoms with van der Waals surface area (Å²) < 4.78 is 43.5. The lowest BCUT2D eigenvalue weighted by Gasteiger charge is -2.57. The van der Waals surface area contributed by atoms with E-state index in [1.807, 2.05) is 30.3 Å². The molecule has 3 heterocycles. The Morgan fingerprint density at radius 2 is 1.85 bits per heavy atom. The molecule has 0 amide bonds. The van der Waals surface area contributed by atoms with E-state index in [9.17, 15) is 17.9 Å². The van der Waals surface area contributed by atoms with Crippen LogP contribution in [0.2, 0.25) is 0 Å². The van der Waals surface area contributed by atoms with Crippen molar-refractivity contribution in [2.24, 2.45) is 7.05 Å². The number of fused-ring (bicyclic) bond motifs is 1. The zero-order valence-electron chi connectivity index (χ0n) is 19.1. The molecule has 7 nitrogen and oxygen atoms in total. The van der Waals surface area contributed by atoms with Gasteiger partial charge in [-0.25, -0.2) is 17.8 Å². The van der Waals surface area contributed by atoms with Crippen LogP contribution in [0.1, 0.15) is 24.3 Å². The maximum Gasteiger partial charge on any atom is 0.262 e. The molecule has 2 aliphatic heterocycles. The van der Waals surface area contributed by atoms with Crippen molar-refractivity contribution < 1.29 is 17.9 Å². The molecule has 3 aromatic rings. The Bertz CT molecular complexity index is 1260. The summed E-state index contributed by atoms with van der Waals surface area (Å²) in [6.45, 7) is 1.66. The smallest absolute Gasteiger partial charge is 0.262 e. The summed E-state index contributed by atoms with van der Waals surface area (Å²) in [5, 5.41) is 10.2. The number of benzene rings is 2. The van der Waals surface area contributed by atoms with Gasteiger partial charge in [-0.15, -0.1) is 0 Å². The first kappa shape index (κ1) is 23.2. The van der Waals surface area contributed by atoms with Crippen molar-refractivity contribution in [3.63, 3.8) is 0 Å². The highest BCUT2D eigenvalue weighted by Crippen LogP contribution is 2.43. The summed E-state index contributed by atoms with van der Waals surface area (Å²) in [7, 11) is -1.95. The van der Waals surface area contributed by atoms with E-state index in [4.69, 9.17) is 0 Å². The largest absolute Gasteiger partial charge is 0.395 e. The number of aliphatic hydroxyl groups is 1. The highest BCUT2D eigenvalue weighted by Gasteiger charge is 2.50. The van der Waals surface area contributed by atoms with Crippen molar-refractivity contribution >= 4 is 10.0 Å². The van der Waals surface area contributed by atoms with Crippen molar-refractivity contribution in [3.8, 4) is 11.1 Å². The normalized spacial score (nSPS) is 24.1. The molecule has 0 aliphatic carbocycles. The van der Waals surface area contributed by atoms with Crippen LogP contribution in [0, 0.1) is 5.82 Å². The average molecular weight is 485 g/mol. The van der Waals surface area contributed by atoms with Gasteiger partial charge in [0, 0.05) is 44.3 Å². The molecule has 3 atom stereocenters. The van der Waals surface area contributed by atoms with E-state index in [0.717, 1.165) is 36.1 Å². The Labute approximate surface area is 199 Å². The molecule has 180 valence electrons. The van der Waals surface area contributed by atoms with Crippen LogP contribution < -0.4 is 0 Å². The molecule has 9 heteroatoms. The molecule has 1 N–H and O–H groups in total. The van der Waals surface area contributed by atoms with E-state index in [1.165, 1.54) is 24.7 Å². The van der Waals surface area contributed by atoms with E-state index in [2.05, 4.69) is 9.88 Å². The molecule has 0 unspecified atom stereocenters. The lowest BCUT2D eigenvalue weighted by Crippen LogP contribution is -2.67. The van der Waals surface area contributed by atoms with Gasteiger partial charge in [0.15, 0.2) is 5.03 Å². The second kappa shape index (κ2) is 9.22. The molecule has 0 saturated carbocycles. The van der Waals surface area contributed by atoms with Crippen LogP contribution in [0.4, 0.5) is 4.39 Å². The van der Waals surface area contributed by atoms with Crippen LogP contribution in [-0.4, -0.2) is 70.6 Å². The highest BCUT2D eigenvalue weighted by atomic mass is 32.2. The van der Waals surface area contributed by atoms with Gasteiger partial charge in [0.2, 0.25) is 0 Å². The van der Waals surface area contributed by atoms with Gasteiger partial charge in [-0.2, -0.15) is 4.31 Å². The first-order valence-electron chi connectivity index (χ1n) is 11.6. The maximum absolute atomic E-state index is 13.6. The molecular formula is C25H29FN4O3S. The molecule has 0 bridgehead atoms. The van der Waals surface area contributed by atoms with Gasteiger partial charge in [0.1, 0.15) is 5.82 Å². The maximum atomic E-state index is 13.6. The minimum atomic E-state index is -3.70. The van der Waals surface area contributed by atoms with E-state index in [1.54, 1.807) is 22.0 Å². The van der Waals surface area contributed by atoms with Gasteiger partial charge in [0.25, 0.3) is 10.0 Å². The fourth-order valence-electron chi connectivity index (χ4n) is 5.35. The second-order valence-electron chi connectivity index (χ2n) is 9.16. The Morgan fingerprint density at radius 3 is 2.53 bits per heavy atom. The molecule has 2 aromatic carbocycles. The summed E-state index contributed by atoms with van der Waals surface area (Å²) in [6, 6.07) is 14.4. The number of halogens is 1. The van der Waals surface area contributed by atoms with Crippen LogP contribution in [0.15, 0.2) is 66.1 Å². The van der Waals surface area contributed by atoms with Crippen molar-refractivity contribution in [2.75, 3.05) is 26.2 Å². The van der Waals surface area contributed by atoms with Crippen molar-refractivity contribution in [2.45, 2.75) is 35.9 Å². The lowest BCUT2D eigenvalue weighted by molar-refractivity contribution is -0.0554. The second-order valence-corrected chi connectivity index (χ2v) is 11.0. The molecule has 2 saturated heterocycles. The molecule has 2 fully saturated rings. The van der Waals surface area contributed by atoms with Crippen LogP contribution in [0.3, 0.4) is 0 Å². The minimum Gasteiger partial charge on any atom is -0.395 e. The van der Waals surface area contributed by atoms with E-state index in [0.29, 0.717) is 13.1 Å². The Kier molecular flexibility index (Phi) is 6.28. The number of hydrogen-bond acceptors (Lipinski definition) is 5. The number of aromatic nitrogens is 2. The predicted octanol–water partition coefficient (Wildman–Crippen LogP) is 2.84. The molecule has 0 radical (unpaired) electrons. The van der Waals surface area contributed by atoms with Gasteiger partial charge in [-0.1, -0.05) is 36.4 Å². The van der Waals surface area contributed by atoms with E-state index >= 15 is 0 Å². The molecule has 5 rings (SSSR count). The van der Waals surface area contributed by atoms with Gasteiger partial charge in [-0.05, 0) is 48.2 Å². The third-order valence-electron chi connectivity index (χ3n) is 7.07. The number of aliphatic hydroxyl groups excluding tert-OH is 1. The summed E-state index contributed by atoms with van der Waals surface area (Å²) in [5.41, 5.74) is 2.77. The van der Waals surface area contributed by atoms with Gasteiger partial charge >= 0.3 is 0 Å². The summed E-state index contributed by atoms with van der Waals surface area (Å²) in [4.78, 5) is 6.33. The van der Waals surface area contributed by atoms with Crippen LogP contribution in [0.5, 0.6) is 0 Å². The molecule has 2 aliphatic rings. The van der Waals surface area contributed by atoms with Crippen molar-refractivity contribution in [1.82, 2.24) is 18.8 Å². The highest BCUT2D eigenvalue weighted by molar-refractivity contribution is 7.89. The quantitative estimate of drug-likeness (QED) is 0.603. The first-order chi connectivity index (χ1) is 16.4. The number of sulfonamides is 1. The van der Waals surface area contributed by atoms with Crippen LogP contribution >= 0.6 is 0 Å². The Hall–Kier alpha value is -2.59. The average Bonchev–Trinajstić information content (AvgIpc) is 3.25. The van der Waals surface area contributed by atoms with E-state index < -0.39 is 10.0 Å². The van der Waals surface area contributed by atoms with Crippen molar-refractivity contribution in [3.05, 3.63) is 72.4 Å². The molecule has 34 heavy (non-hydrogen) atoms.